The molecule has 0 aromatic heterocycles. The number of nitro groups is 1. The number of nitrogens with zero attached hydrogens (tertiary/aromatic N) is 3. The molecule has 0 radical (unpaired) electrons. The van der Waals surface area contributed by atoms with E-state index in [9.17, 15) is 24.5 Å². The summed E-state index contributed by atoms with van der Waals surface area (Å²) >= 11 is 0. The summed E-state index contributed by atoms with van der Waals surface area (Å²) in [6.45, 7) is 0.0517. The molecule has 1 fully saturated rings. The average molecular weight is 487 g/mol. The van der Waals surface area contributed by atoms with Crippen LogP contribution in [0.15, 0.2) is 60.7 Å². The first-order valence-corrected chi connectivity index (χ1v) is 10.9. The molecule has 3 aliphatic heterocycles. The molecule has 11 heteroatoms. The summed E-state index contributed by atoms with van der Waals surface area (Å²) < 4.78 is 16.1. The Balaban J connectivity index is 1.44. The normalized spacial score (nSPS) is 19.9. The molecule has 11 nitrogen and oxygen atoms in total. The van der Waals surface area contributed by atoms with Crippen LogP contribution in [0.5, 0.6) is 17.2 Å². The van der Waals surface area contributed by atoms with E-state index < -0.39 is 40.4 Å². The van der Waals surface area contributed by atoms with Gasteiger partial charge in [0.05, 0.1) is 23.6 Å². The molecule has 180 valence electrons. The van der Waals surface area contributed by atoms with Crippen molar-refractivity contribution in [2.75, 3.05) is 18.8 Å². The van der Waals surface area contributed by atoms with Gasteiger partial charge in [-0.15, -0.1) is 0 Å². The highest BCUT2D eigenvalue weighted by atomic mass is 16.7. The zero-order valence-corrected chi connectivity index (χ0v) is 18.7. The molecule has 36 heavy (non-hydrogen) atoms. The molecular formula is C25H17N3O8. The molecule has 0 aliphatic carbocycles. The van der Waals surface area contributed by atoms with Gasteiger partial charge in [0.15, 0.2) is 11.5 Å². The Morgan fingerprint density at radius 3 is 2.39 bits per heavy atom. The third-order valence-corrected chi connectivity index (χ3v) is 6.56. The molecule has 2 atom stereocenters. The Morgan fingerprint density at radius 1 is 0.917 bits per heavy atom. The molecule has 0 N–H and O–H groups in total. The van der Waals surface area contributed by atoms with Gasteiger partial charge in [0.2, 0.25) is 6.79 Å². The number of ether oxygens (including phenoxy) is 3. The van der Waals surface area contributed by atoms with Crippen LogP contribution in [0.3, 0.4) is 0 Å². The van der Waals surface area contributed by atoms with Crippen LogP contribution in [0, 0.1) is 10.1 Å². The van der Waals surface area contributed by atoms with Crippen LogP contribution in [-0.2, 0) is 4.79 Å². The first-order valence-electron chi connectivity index (χ1n) is 10.9. The van der Waals surface area contributed by atoms with E-state index in [1.54, 1.807) is 42.5 Å². The van der Waals surface area contributed by atoms with Crippen molar-refractivity contribution in [1.29, 1.82) is 0 Å². The third-order valence-electron chi connectivity index (χ3n) is 6.56. The van der Waals surface area contributed by atoms with Crippen LogP contribution in [0.4, 0.5) is 11.4 Å². The van der Waals surface area contributed by atoms with Gasteiger partial charge in [-0.3, -0.25) is 29.4 Å². The molecule has 3 heterocycles. The van der Waals surface area contributed by atoms with Crippen LogP contribution in [-0.4, -0.2) is 47.5 Å². The van der Waals surface area contributed by atoms with E-state index in [1.807, 2.05) is 0 Å². The van der Waals surface area contributed by atoms with E-state index >= 15 is 0 Å². The number of rotatable bonds is 5. The van der Waals surface area contributed by atoms with Crippen LogP contribution in [0.1, 0.15) is 32.3 Å². The SMILES string of the molecule is COc1ccc(N2C(=O)C(N3C(=O)c4cccc([N+](=O)[O-])c4C3=O)C2c2ccc3c(c2)OCO3)cc1. The Hall–Kier alpha value is -4.93. The lowest BCUT2D eigenvalue weighted by atomic mass is 9.86. The highest BCUT2D eigenvalue weighted by molar-refractivity contribution is 6.26. The molecule has 6 rings (SSSR count). The monoisotopic (exact) mass is 487 g/mol. The predicted octanol–water partition coefficient (Wildman–Crippen LogP) is 3.08. The fourth-order valence-electron chi connectivity index (χ4n) is 4.87. The Labute approximate surface area is 203 Å². The molecule has 0 spiro atoms. The minimum absolute atomic E-state index is 0.0517. The fourth-order valence-corrected chi connectivity index (χ4v) is 4.87. The van der Waals surface area contributed by atoms with Gasteiger partial charge in [-0.25, -0.2) is 0 Å². The van der Waals surface area contributed by atoms with E-state index in [4.69, 9.17) is 14.2 Å². The minimum atomic E-state index is -1.21. The maximum absolute atomic E-state index is 13.5. The highest BCUT2D eigenvalue weighted by Gasteiger charge is 2.58. The van der Waals surface area contributed by atoms with Crippen LogP contribution in [0.25, 0.3) is 0 Å². The van der Waals surface area contributed by atoms with Crippen molar-refractivity contribution < 1.29 is 33.5 Å². The van der Waals surface area contributed by atoms with Gasteiger partial charge in [0.25, 0.3) is 23.4 Å². The van der Waals surface area contributed by atoms with E-state index in [0.717, 1.165) is 11.0 Å². The van der Waals surface area contributed by atoms with Gasteiger partial charge in [0, 0.05) is 11.8 Å². The van der Waals surface area contributed by atoms with Gasteiger partial charge in [0.1, 0.15) is 17.4 Å². The van der Waals surface area contributed by atoms with Crippen molar-refractivity contribution >= 4 is 29.1 Å². The number of hydrogen-bond acceptors (Lipinski definition) is 8. The number of amides is 3. The lowest BCUT2D eigenvalue weighted by molar-refractivity contribution is -0.385. The number of nitro benzene ring substituents is 1. The van der Waals surface area contributed by atoms with Gasteiger partial charge in [-0.1, -0.05) is 12.1 Å². The number of hydrogen-bond donors (Lipinski definition) is 0. The summed E-state index contributed by atoms with van der Waals surface area (Å²) in [4.78, 5) is 53.3. The number of β-lactam (4-membered cyclic amide) rings is 1. The molecule has 0 saturated carbocycles. The van der Waals surface area contributed by atoms with Crippen LogP contribution in [0.2, 0.25) is 0 Å². The topological polar surface area (TPSA) is 129 Å². The van der Waals surface area contributed by atoms with Crippen LogP contribution >= 0.6 is 0 Å². The fraction of sp³-hybridized carbons (Fsp3) is 0.160. The standard InChI is InChI=1S/C25H17N3O8/c1-34-15-8-6-14(7-9-15)26-21(13-5-10-18-19(11-13)36-12-35-18)22(25(26)31)27-23(29)16-3-2-4-17(28(32)33)20(16)24(27)30/h2-11,21-22H,12H2,1H3. The van der Waals surface area contributed by atoms with Crippen molar-refractivity contribution in [3.8, 4) is 17.2 Å². The van der Waals surface area contributed by atoms with Gasteiger partial charge in [-0.2, -0.15) is 0 Å². The average Bonchev–Trinajstić information content (AvgIpc) is 3.45. The summed E-state index contributed by atoms with van der Waals surface area (Å²) in [6.07, 6.45) is 0. The van der Waals surface area contributed by atoms with Gasteiger partial charge < -0.3 is 19.1 Å². The maximum atomic E-state index is 13.5. The second kappa shape index (κ2) is 7.80. The summed E-state index contributed by atoms with van der Waals surface area (Å²) in [7, 11) is 1.52. The summed E-state index contributed by atoms with van der Waals surface area (Å²) in [5.41, 5.74) is 0.238. The number of methoxy groups -OCH3 is 1. The lowest BCUT2D eigenvalue weighted by Crippen LogP contribution is -2.67. The second-order valence-corrected chi connectivity index (χ2v) is 8.35. The summed E-state index contributed by atoms with van der Waals surface area (Å²) in [5, 5.41) is 11.5. The van der Waals surface area contributed by atoms with Crippen molar-refractivity contribution in [1.82, 2.24) is 4.90 Å². The molecular weight excluding hydrogens is 470 g/mol. The molecule has 3 amide bonds. The zero-order chi connectivity index (χ0) is 25.1. The maximum Gasteiger partial charge on any atom is 0.282 e. The number of imide groups is 1. The van der Waals surface area contributed by atoms with Crippen molar-refractivity contribution in [2.45, 2.75) is 12.1 Å². The predicted molar refractivity (Wildman–Crippen MR) is 123 cm³/mol. The van der Waals surface area contributed by atoms with Gasteiger partial charge >= 0.3 is 0 Å². The molecule has 2 unspecified atom stereocenters. The Morgan fingerprint density at radius 2 is 1.67 bits per heavy atom. The quantitative estimate of drug-likeness (QED) is 0.232. The van der Waals surface area contributed by atoms with Crippen LogP contribution < -0.4 is 19.1 Å². The zero-order valence-electron chi connectivity index (χ0n) is 18.7. The van der Waals surface area contributed by atoms with Crippen molar-refractivity contribution in [3.63, 3.8) is 0 Å². The number of carbonyl (C=O) groups excluding carboxylic acids is 3. The smallest absolute Gasteiger partial charge is 0.282 e. The molecule has 3 aromatic carbocycles. The number of anilines is 1. The minimum Gasteiger partial charge on any atom is -0.497 e. The third kappa shape index (κ3) is 2.95. The molecule has 0 bridgehead atoms. The highest BCUT2D eigenvalue weighted by Crippen LogP contribution is 2.47. The molecule has 1 saturated heterocycles. The van der Waals surface area contributed by atoms with Gasteiger partial charge in [-0.05, 0) is 48.0 Å². The lowest BCUT2D eigenvalue weighted by Gasteiger charge is -2.49. The van der Waals surface area contributed by atoms with E-state index in [1.165, 1.54) is 24.1 Å². The first-order chi connectivity index (χ1) is 17.4. The first kappa shape index (κ1) is 21.6. The summed E-state index contributed by atoms with van der Waals surface area (Å²) in [6, 6.07) is 13.8. The molecule has 3 aromatic rings. The number of carbonyl (C=O) groups is 3. The van der Waals surface area contributed by atoms with E-state index in [2.05, 4.69) is 0 Å². The second-order valence-electron chi connectivity index (χ2n) is 8.35. The number of benzene rings is 3. The number of fused-ring (bicyclic) bond motifs is 2. The van der Waals surface area contributed by atoms with E-state index in [-0.39, 0.29) is 17.9 Å². The van der Waals surface area contributed by atoms with Crippen molar-refractivity contribution in [2.24, 2.45) is 0 Å². The molecule has 3 aliphatic rings. The largest absolute Gasteiger partial charge is 0.497 e. The van der Waals surface area contributed by atoms with E-state index in [0.29, 0.717) is 28.5 Å². The summed E-state index contributed by atoms with van der Waals surface area (Å²) in [5.74, 6) is -0.528. The Kier molecular flexibility index (Phi) is 4.68. The van der Waals surface area contributed by atoms with Crippen molar-refractivity contribution in [3.05, 3.63) is 87.5 Å². The Bertz CT molecular complexity index is 1470.